The van der Waals surface area contributed by atoms with E-state index in [2.05, 4.69) is 37.1 Å². The molecule has 42 heavy (non-hydrogen) atoms. The number of hydrogen-bond donors (Lipinski definition) is 2. The Balaban J connectivity index is 1.38. The third-order valence-electron chi connectivity index (χ3n) is 9.23. The minimum atomic E-state index is -0.857. The van der Waals surface area contributed by atoms with Crippen molar-refractivity contribution in [3.63, 3.8) is 0 Å². The van der Waals surface area contributed by atoms with Crippen LogP contribution in [-0.4, -0.2) is 71.9 Å². The Morgan fingerprint density at radius 3 is 2.67 bits per heavy atom. The van der Waals surface area contributed by atoms with Crippen molar-refractivity contribution in [2.45, 2.75) is 65.3 Å². The number of rotatable bonds is 8. The van der Waals surface area contributed by atoms with E-state index in [1.54, 1.807) is 0 Å². The average molecular weight is 595 g/mol. The molecule has 226 valence electrons. The number of aromatic nitrogens is 1. The number of hydrogen-bond acceptors (Lipinski definition) is 4. The predicted octanol–water partition coefficient (Wildman–Crippen LogP) is 5.12. The fourth-order valence-corrected chi connectivity index (χ4v) is 7.05. The highest BCUT2D eigenvalue weighted by Crippen LogP contribution is 2.50. The third-order valence-corrected chi connectivity index (χ3v) is 9.46. The lowest BCUT2D eigenvalue weighted by Crippen LogP contribution is -2.65. The van der Waals surface area contributed by atoms with Crippen molar-refractivity contribution in [2.75, 3.05) is 39.4 Å². The van der Waals surface area contributed by atoms with Crippen LogP contribution in [0.4, 0.5) is 0 Å². The highest BCUT2D eigenvalue weighted by atomic mass is 35.5. The topological polar surface area (TPSA) is 94.7 Å². The summed E-state index contributed by atoms with van der Waals surface area (Å²) in [4.78, 5) is 48.6. The first-order chi connectivity index (χ1) is 20.1. The average Bonchev–Trinajstić information content (AvgIpc) is 3.33. The van der Waals surface area contributed by atoms with E-state index in [0.29, 0.717) is 57.3 Å². The molecule has 9 heteroatoms. The summed E-state index contributed by atoms with van der Waals surface area (Å²) in [6, 6.07) is 5.76. The summed E-state index contributed by atoms with van der Waals surface area (Å²) in [5, 5.41) is 4.67. The molecule has 0 spiro atoms. The zero-order chi connectivity index (χ0) is 30.0. The standard InChI is InChI=1S/C33H43ClN4O4/c1-21(2)6-5-7-22(3)10-12-35-29(39)19-23-18-27(32(41)37-14-16-42-17-15-37)33(4)30-25(11-13-38(33)31(23)40)26-20-24(34)8-9-28(26)36-30/h6,8-10,20,23,27,36H,5,7,11-19H2,1-4H3,(H,35,39)/b22-10+/t23-,27-,33+/m1/s1. The van der Waals surface area contributed by atoms with Gasteiger partial charge in [-0.15, -0.1) is 0 Å². The van der Waals surface area contributed by atoms with Gasteiger partial charge in [0.2, 0.25) is 17.7 Å². The van der Waals surface area contributed by atoms with E-state index in [4.69, 9.17) is 16.3 Å². The fourth-order valence-electron chi connectivity index (χ4n) is 6.88. The molecule has 3 aliphatic heterocycles. The highest BCUT2D eigenvalue weighted by molar-refractivity contribution is 6.31. The van der Waals surface area contributed by atoms with Crippen LogP contribution in [0.15, 0.2) is 41.5 Å². The minimum Gasteiger partial charge on any atom is -0.378 e. The van der Waals surface area contributed by atoms with Gasteiger partial charge in [-0.1, -0.05) is 34.9 Å². The minimum absolute atomic E-state index is 0.0168. The molecule has 0 radical (unpaired) electrons. The molecule has 0 aliphatic carbocycles. The largest absolute Gasteiger partial charge is 0.378 e. The molecule has 2 aromatic rings. The number of nitrogens with one attached hydrogen (secondary N) is 2. The normalized spacial score (nSPS) is 24.3. The summed E-state index contributed by atoms with van der Waals surface area (Å²) < 4.78 is 5.52. The first-order valence-corrected chi connectivity index (χ1v) is 15.5. The molecule has 4 heterocycles. The summed E-state index contributed by atoms with van der Waals surface area (Å²) in [6.07, 6.45) is 7.22. The van der Waals surface area contributed by atoms with E-state index in [1.165, 1.54) is 11.1 Å². The van der Waals surface area contributed by atoms with Gasteiger partial charge in [0.15, 0.2) is 0 Å². The molecule has 3 aliphatic rings. The molecular weight excluding hydrogens is 552 g/mol. The van der Waals surface area contributed by atoms with Crippen LogP contribution in [0.1, 0.15) is 64.6 Å². The maximum absolute atomic E-state index is 14.2. The number of carbonyl (C=O) groups excluding carboxylic acids is 3. The molecule has 3 amide bonds. The Kier molecular flexibility index (Phi) is 9.14. The smallest absolute Gasteiger partial charge is 0.228 e. The van der Waals surface area contributed by atoms with Crippen LogP contribution in [-0.2, 0) is 31.1 Å². The van der Waals surface area contributed by atoms with Crippen molar-refractivity contribution in [3.8, 4) is 0 Å². The molecule has 5 rings (SSSR count). The fraction of sp³-hybridized carbons (Fsp3) is 0.545. The zero-order valence-corrected chi connectivity index (χ0v) is 26.0. The van der Waals surface area contributed by atoms with Crippen molar-refractivity contribution in [1.29, 1.82) is 0 Å². The van der Waals surface area contributed by atoms with Gasteiger partial charge in [0.05, 0.1) is 24.7 Å². The number of aromatic amines is 1. The van der Waals surface area contributed by atoms with Gasteiger partial charge in [0, 0.05) is 60.1 Å². The summed E-state index contributed by atoms with van der Waals surface area (Å²) in [5.41, 5.74) is 4.63. The number of carbonyl (C=O) groups is 3. The number of ether oxygens (including phenoxy) is 1. The molecule has 0 unspecified atom stereocenters. The SMILES string of the molecule is CC(C)=CCC/C(C)=C/CNC(=O)C[C@H]1C[C@H](C(=O)N2CCOCC2)[C@@]2(C)c3[nH]c4ccc(Cl)cc4c3CCN2C1=O. The van der Waals surface area contributed by atoms with Gasteiger partial charge in [0.1, 0.15) is 0 Å². The van der Waals surface area contributed by atoms with Crippen molar-refractivity contribution >= 4 is 40.2 Å². The third kappa shape index (κ3) is 6.02. The molecule has 1 aromatic heterocycles. The van der Waals surface area contributed by atoms with E-state index < -0.39 is 17.4 Å². The molecule has 2 saturated heterocycles. The maximum Gasteiger partial charge on any atom is 0.228 e. The number of amides is 3. The quantitative estimate of drug-likeness (QED) is 0.415. The number of fused-ring (bicyclic) bond motifs is 5. The van der Waals surface area contributed by atoms with Crippen LogP contribution in [0.25, 0.3) is 10.9 Å². The molecule has 2 fully saturated rings. The van der Waals surface area contributed by atoms with Gasteiger partial charge >= 0.3 is 0 Å². The van der Waals surface area contributed by atoms with Crippen LogP contribution < -0.4 is 5.32 Å². The summed E-state index contributed by atoms with van der Waals surface area (Å²) in [5.74, 6) is -1.26. The van der Waals surface area contributed by atoms with Gasteiger partial charge in [-0.3, -0.25) is 14.4 Å². The number of halogens is 1. The van der Waals surface area contributed by atoms with Crippen molar-refractivity contribution in [2.24, 2.45) is 11.8 Å². The molecule has 3 atom stereocenters. The summed E-state index contributed by atoms with van der Waals surface area (Å²) in [6.45, 7) is 11.2. The lowest BCUT2D eigenvalue weighted by Gasteiger charge is -2.54. The van der Waals surface area contributed by atoms with Gasteiger partial charge < -0.3 is 24.8 Å². The molecular formula is C33H43ClN4O4. The lowest BCUT2D eigenvalue weighted by molar-refractivity contribution is -0.166. The molecule has 8 nitrogen and oxygen atoms in total. The molecule has 2 N–H and O–H groups in total. The van der Waals surface area contributed by atoms with Crippen molar-refractivity contribution in [3.05, 3.63) is 57.8 Å². The van der Waals surface area contributed by atoms with E-state index in [0.717, 1.165) is 35.0 Å². The monoisotopic (exact) mass is 594 g/mol. The van der Waals surface area contributed by atoms with Crippen molar-refractivity contribution in [1.82, 2.24) is 20.1 Å². The second kappa shape index (κ2) is 12.6. The Hall–Kier alpha value is -3.10. The van der Waals surface area contributed by atoms with Gasteiger partial charge in [-0.05, 0) is 77.1 Å². The van der Waals surface area contributed by atoms with Gasteiger partial charge in [-0.2, -0.15) is 0 Å². The summed E-state index contributed by atoms with van der Waals surface area (Å²) >= 11 is 6.35. The zero-order valence-electron chi connectivity index (χ0n) is 25.2. The number of morpholine rings is 1. The molecule has 0 bridgehead atoms. The molecule has 1 aromatic carbocycles. The lowest BCUT2D eigenvalue weighted by atomic mass is 9.67. The first kappa shape index (κ1) is 30.4. The van der Waals surface area contributed by atoms with Gasteiger partial charge in [0.25, 0.3) is 0 Å². The van der Waals surface area contributed by atoms with Crippen molar-refractivity contribution < 1.29 is 19.1 Å². The van der Waals surface area contributed by atoms with E-state index in [-0.39, 0.29) is 24.1 Å². The Morgan fingerprint density at radius 2 is 1.93 bits per heavy atom. The number of benzene rings is 1. The van der Waals surface area contributed by atoms with E-state index in [1.807, 2.05) is 41.0 Å². The second-order valence-corrected chi connectivity index (χ2v) is 12.8. The highest BCUT2D eigenvalue weighted by Gasteiger charge is 2.57. The number of H-pyrrole nitrogens is 1. The summed E-state index contributed by atoms with van der Waals surface area (Å²) in [7, 11) is 0. The van der Waals surface area contributed by atoms with Crippen LogP contribution in [0.3, 0.4) is 0 Å². The number of nitrogens with zero attached hydrogens (tertiary/aromatic N) is 2. The van der Waals surface area contributed by atoms with E-state index in [9.17, 15) is 14.4 Å². The maximum atomic E-state index is 14.2. The second-order valence-electron chi connectivity index (χ2n) is 12.4. The Labute approximate surface area is 253 Å². The van der Waals surface area contributed by atoms with Crippen LogP contribution in [0, 0.1) is 11.8 Å². The number of piperidine rings is 1. The Morgan fingerprint density at radius 1 is 1.17 bits per heavy atom. The van der Waals surface area contributed by atoms with E-state index >= 15 is 0 Å². The number of allylic oxidation sites excluding steroid dienone is 3. The van der Waals surface area contributed by atoms with Crippen LogP contribution in [0.2, 0.25) is 5.02 Å². The Bertz CT molecular complexity index is 1420. The van der Waals surface area contributed by atoms with Crippen LogP contribution >= 0.6 is 11.6 Å². The first-order valence-electron chi connectivity index (χ1n) is 15.1. The van der Waals surface area contributed by atoms with Gasteiger partial charge in [-0.25, -0.2) is 0 Å². The van der Waals surface area contributed by atoms with Crippen LogP contribution in [0.5, 0.6) is 0 Å². The molecule has 0 saturated carbocycles. The predicted molar refractivity (Wildman–Crippen MR) is 165 cm³/mol.